The molecule has 64 valence electrons. The first-order chi connectivity index (χ1) is 5.36. The maximum absolute atomic E-state index is 5.63. The maximum Gasteiger partial charge on any atom is 0.0840 e. The van der Waals surface area contributed by atoms with E-state index in [0.717, 1.165) is 19.1 Å². The first-order valence-corrected chi connectivity index (χ1v) is 4.59. The number of hydrogen-bond acceptors (Lipinski definition) is 2. The Labute approximate surface area is 67.9 Å². The van der Waals surface area contributed by atoms with Gasteiger partial charge in [-0.25, -0.2) is 0 Å². The van der Waals surface area contributed by atoms with Gasteiger partial charge in [0.05, 0.1) is 25.4 Å². The molecular formula is C9H16O2. The Morgan fingerprint density at radius 2 is 1.73 bits per heavy atom. The number of hydrogen-bond donors (Lipinski definition) is 0. The molecule has 3 atom stereocenters. The van der Waals surface area contributed by atoms with Crippen LogP contribution in [0.15, 0.2) is 0 Å². The summed E-state index contributed by atoms with van der Waals surface area (Å²) in [7, 11) is 0. The van der Waals surface area contributed by atoms with E-state index in [-0.39, 0.29) is 0 Å². The highest BCUT2D eigenvalue weighted by Crippen LogP contribution is 2.29. The van der Waals surface area contributed by atoms with Gasteiger partial charge in [-0.05, 0) is 25.2 Å². The lowest BCUT2D eigenvalue weighted by Gasteiger charge is -2.37. The van der Waals surface area contributed by atoms with E-state index in [1.807, 2.05) is 0 Å². The second-order valence-corrected chi connectivity index (χ2v) is 3.74. The standard InChI is InChI=1S/C9H16O2/c1-7-2-3-8-9(6-7)11-5-4-10-8/h7-9H,2-6H2,1H3/t7?,8-,9+/m1/s1. The molecule has 2 heteroatoms. The largest absolute Gasteiger partial charge is 0.373 e. The van der Waals surface area contributed by atoms with Crippen molar-refractivity contribution in [3.8, 4) is 0 Å². The van der Waals surface area contributed by atoms with E-state index in [1.165, 1.54) is 19.3 Å². The zero-order valence-corrected chi connectivity index (χ0v) is 7.08. The second-order valence-electron chi connectivity index (χ2n) is 3.74. The molecule has 0 aromatic carbocycles. The molecule has 1 heterocycles. The van der Waals surface area contributed by atoms with Crippen LogP contribution in [0.1, 0.15) is 26.2 Å². The van der Waals surface area contributed by atoms with E-state index in [2.05, 4.69) is 6.92 Å². The molecule has 1 saturated heterocycles. The van der Waals surface area contributed by atoms with Crippen LogP contribution >= 0.6 is 0 Å². The molecule has 0 spiro atoms. The molecule has 0 amide bonds. The van der Waals surface area contributed by atoms with E-state index in [4.69, 9.17) is 9.47 Å². The highest BCUT2D eigenvalue weighted by atomic mass is 16.6. The van der Waals surface area contributed by atoms with Crippen LogP contribution in [0, 0.1) is 5.92 Å². The Morgan fingerprint density at radius 1 is 1.00 bits per heavy atom. The van der Waals surface area contributed by atoms with Crippen LogP contribution in [0.5, 0.6) is 0 Å². The summed E-state index contributed by atoms with van der Waals surface area (Å²) in [4.78, 5) is 0. The zero-order valence-electron chi connectivity index (χ0n) is 7.08. The SMILES string of the molecule is CC1CC[C@H]2OCCO[C@H]2C1. The third-order valence-corrected chi connectivity index (χ3v) is 2.74. The predicted octanol–water partition coefficient (Wildman–Crippen LogP) is 1.59. The Morgan fingerprint density at radius 3 is 2.55 bits per heavy atom. The zero-order chi connectivity index (χ0) is 7.68. The summed E-state index contributed by atoms with van der Waals surface area (Å²) >= 11 is 0. The van der Waals surface area contributed by atoms with Crippen LogP contribution in [0.3, 0.4) is 0 Å². The van der Waals surface area contributed by atoms with Gasteiger partial charge in [0.15, 0.2) is 0 Å². The van der Waals surface area contributed by atoms with E-state index in [0.29, 0.717) is 12.2 Å². The number of rotatable bonds is 0. The Hall–Kier alpha value is -0.0800. The number of ether oxygens (including phenoxy) is 2. The van der Waals surface area contributed by atoms with Gasteiger partial charge in [0, 0.05) is 0 Å². The molecule has 1 aliphatic heterocycles. The minimum absolute atomic E-state index is 0.410. The van der Waals surface area contributed by atoms with Crippen molar-refractivity contribution in [2.45, 2.75) is 38.4 Å². The molecule has 11 heavy (non-hydrogen) atoms. The topological polar surface area (TPSA) is 18.5 Å². The molecule has 2 rings (SSSR count). The smallest absolute Gasteiger partial charge is 0.0840 e. The first kappa shape index (κ1) is 7.56. The van der Waals surface area contributed by atoms with Crippen molar-refractivity contribution < 1.29 is 9.47 Å². The van der Waals surface area contributed by atoms with Crippen LogP contribution in [-0.2, 0) is 9.47 Å². The molecule has 2 fully saturated rings. The van der Waals surface area contributed by atoms with Crippen LogP contribution in [0.2, 0.25) is 0 Å². The number of fused-ring (bicyclic) bond motifs is 1. The predicted molar refractivity (Wildman–Crippen MR) is 42.5 cm³/mol. The lowest BCUT2D eigenvalue weighted by Crippen LogP contribution is -2.42. The van der Waals surface area contributed by atoms with Crippen molar-refractivity contribution in [1.29, 1.82) is 0 Å². The summed E-state index contributed by atoms with van der Waals surface area (Å²) in [6, 6.07) is 0. The van der Waals surface area contributed by atoms with Gasteiger partial charge in [0.2, 0.25) is 0 Å². The maximum atomic E-state index is 5.63. The van der Waals surface area contributed by atoms with Crippen LogP contribution in [0.4, 0.5) is 0 Å². The van der Waals surface area contributed by atoms with E-state index >= 15 is 0 Å². The highest BCUT2D eigenvalue weighted by molar-refractivity contribution is 4.81. The lowest BCUT2D eigenvalue weighted by atomic mass is 9.86. The summed E-state index contributed by atoms with van der Waals surface area (Å²) in [5.41, 5.74) is 0. The van der Waals surface area contributed by atoms with Crippen molar-refractivity contribution in [2.75, 3.05) is 13.2 Å². The van der Waals surface area contributed by atoms with Crippen molar-refractivity contribution in [2.24, 2.45) is 5.92 Å². The summed E-state index contributed by atoms with van der Waals surface area (Å²) < 4.78 is 11.2. The average Bonchev–Trinajstić information content (AvgIpc) is 2.04. The highest BCUT2D eigenvalue weighted by Gasteiger charge is 2.32. The molecule has 1 aliphatic carbocycles. The fourth-order valence-electron chi connectivity index (χ4n) is 2.07. The molecule has 0 N–H and O–H groups in total. The van der Waals surface area contributed by atoms with E-state index in [1.54, 1.807) is 0 Å². The van der Waals surface area contributed by atoms with Gasteiger partial charge in [-0.3, -0.25) is 0 Å². The molecule has 2 aliphatic rings. The quantitative estimate of drug-likeness (QED) is 0.530. The summed E-state index contributed by atoms with van der Waals surface area (Å²) in [5.74, 6) is 0.831. The van der Waals surface area contributed by atoms with Crippen molar-refractivity contribution >= 4 is 0 Å². The average molecular weight is 156 g/mol. The van der Waals surface area contributed by atoms with Crippen LogP contribution in [-0.4, -0.2) is 25.4 Å². The Balaban J connectivity index is 1.93. The Kier molecular flexibility index (Phi) is 2.14. The monoisotopic (exact) mass is 156 g/mol. The van der Waals surface area contributed by atoms with E-state index < -0.39 is 0 Å². The third-order valence-electron chi connectivity index (χ3n) is 2.74. The van der Waals surface area contributed by atoms with Crippen LogP contribution in [0.25, 0.3) is 0 Å². The van der Waals surface area contributed by atoms with Crippen molar-refractivity contribution in [3.63, 3.8) is 0 Å². The van der Waals surface area contributed by atoms with Gasteiger partial charge in [-0.15, -0.1) is 0 Å². The molecule has 0 radical (unpaired) electrons. The van der Waals surface area contributed by atoms with Gasteiger partial charge < -0.3 is 9.47 Å². The molecule has 0 aromatic rings. The van der Waals surface area contributed by atoms with Crippen molar-refractivity contribution in [1.82, 2.24) is 0 Å². The summed E-state index contributed by atoms with van der Waals surface area (Å²) in [6.45, 7) is 3.90. The molecule has 2 nitrogen and oxygen atoms in total. The minimum Gasteiger partial charge on any atom is -0.373 e. The fourth-order valence-corrected chi connectivity index (χ4v) is 2.07. The van der Waals surface area contributed by atoms with Crippen molar-refractivity contribution in [3.05, 3.63) is 0 Å². The molecule has 0 aromatic heterocycles. The summed E-state index contributed by atoms with van der Waals surface area (Å²) in [5, 5.41) is 0. The molecule has 1 unspecified atom stereocenters. The fraction of sp³-hybridized carbons (Fsp3) is 1.00. The minimum atomic E-state index is 0.410. The van der Waals surface area contributed by atoms with Gasteiger partial charge in [-0.2, -0.15) is 0 Å². The normalized spacial score (nSPS) is 45.0. The van der Waals surface area contributed by atoms with Gasteiger partial charge in [0.25, 0.3) is 0 Å². The van der Waals surface area contributed by atoms with Gasteiger partial charge in [-0.1, -0.05) is 6.92 Å². The first-order valence-electron chi connectivity index (χ1n) is 4.59. The molecule has 1 saturated carbocycles. The second kappa shape index (κ2) is 3.11. The van der Waals surface area contributed by atoms with Crippen LogP contribution < -0.4 is 0 Å². The third kappa shape index (κ3) is 1.57. The lowest BCUT2D eigenvalue weighted by molar-refractivity contribution is -0.160. The van der Waals surface area contributed by atoms with Gasteiger partial charge >= 0.3 is 0 Å². The molecule has 0 bridgehead atoms. The van der Waals surface area contributed by atoms with E-state index in [9.17, 15) is 0 Å². The summed E-state index contributed by atoms with van der Waals surface area (Å²) in [6.07, 6.45) is 4.54. The molecular weight excluding hydrogens is 140 g/mol. The Bertz CT molecular complexity index is 136. The van der Waals surface area contributed by atoms with Gasteiger partial charge in [0.1, 0.15) is 0 Å².